The third-order valence-corrected chi connectivity index (χ3v) is 3.53. The number of esters is 1. The van der Waals surface area contributed by atoms with Gasteiger partial charge in [-0.1, -0.05) is 0 Å². The fourth-order valence-corrected chi connectivity index (χ4v) is 2.18. The average molecular weight is 248 g/mol. The first-order chi connectivity index (χ1) is 8.44. The number of benzene rings is 1. The quantitative estimate of drug-likeness (QED) is 0.635. The molecule has 1 saturated carbocycles. The minimum absolute atomic E-state index is 0.0426. The molecule has 0 heterocycles. The van der Waals surface area contributed by atoms with Gasteiger partial charge in [0.15, 0.2) is 0 Å². The lowest BCUT2D eigenvalue weighted by Crippen LogP contribution is -2.33. The lowest BCUT2D eigenvalue weighted by Gasteiger charge is -2.28. The maximum absolute atomic E-state index is 11.4. The molecule has 0 aromatic heterocycles. The fourth-order valence-electron chi connectivity index (χ4n) is 2.18. The van der Waals surface area contributed by atoms with Crippen LogP contribution in [-0.4, -0.2) is 18.6 Å². The minimum Gasteiger partial charge on any atom is -0.465 e. The molecule has 0 bridgehead atoms. The molecule has 0 saturated heterocycles. The van der Waals surface area contributed by atoms with E-state index in [0.29, 0.717) is 17.2 Å². The fraction of sp³-hybridized carbons (Fsp3) is 0.500. The van der Waals surface area contributed by atoms with E-state index in [9.17, 15) is 4.79 Å². The molecule has 0 amide bonds. The van der Waals surface area contributed by atoms with Crippen molar-refractivity contribution < 1.29 is 9.53 Å². The van der Waals surface area contributed by atoms with Crippen molar-refractivity contribution in [1.29, 1.82) is 0 Å². The van der Waals surface area contributed by atoms with Crippen LogP contribution in [0.1, 0.15) is 37.0 Å². The van der Waals surface area contributed by atoms with Gasteiger partial charge in [-0.3, -0.25) is 0 Å². The molecule has 4 heteroatoms. The Kier molecular flexibility index (Phi) is 3.20. The highest BCUT2D eigenvalue weighted by molar-refractivity contribution is 5.91. The second kappa shape index (κ2) is 4.52. The van der Waals surface area contributed by atoms with Crippen molar-refractivity contribution in [3.8, 4) is 0 Å². The second-order valence-corrected chi connectivity index (χ2v) is 5.41. The van der Waals surface area contributed by atoms with E-state index in [1.807, 2.05) is 6.07 Å². The van der Waals surface area contributed by atoms with Gasteiger partial charge < -0.3 is 15.8 Å². The van der Waals surface area contributed by atoms with Crippen molar-refractivity contribution in [2.24, 2.45) is 5.92 Å². The topological polar surface area (TPSA) is 64.3 Å². The lowest BCUT2D eigenvalue weighted by atomic mass is 9.98. The Hall–Kier alpha value is -1.71. The number of carbonyl (C=O) groups excluding carboxylic acids is 1. The Balaban J connectivity index is 2.17. The van der Waals surface area contributed by atoms with Gasteiger partial charge in [0.25, 0.3) is 0 Å². The van der Waals surface area contributed by atoms with Crippen LogP contribution in [0.15, 0.2) is 18.2 Å². The number of nitrogen functional groups attached to an aromatic ring is 1. The molecule has 0 radical (unpaired) electrons. The number of ether oxygens (including phenoxy) is 1. The first-order valence-electron chi connectivity index (χ1n) is 6.20. The third-order valence-electron chi connectivity index (χ3n) is 3.53. The van der Waals surface area contributed by atoms with Crippen LogP contribution in [0.4, 0.5) is 11.4 Å². The molecular formula is C14H20N2O2. The Morgan fingerprint density at radius 2 is 2.11 bits per heavy atom. The van der Waals surface area contributed by atoms with Crippen LogP contribution >= 0.6 is 0 Å². The molecule has 1 aromatic carbocycles. The maximum atomic E-state index is 11.4. The number of nitrogens with two attached hydrogens (primary N) is 1. The predicted octanol–water partition coefficient (Wildman–Crippen LogP) is 2.66. The zero-order valence-electron chi connectivity index (χ0n) is 11.1. The summed E-state index contributed by atoms with van der Waals surface area (Å²) in [5, 5.41) is 3.46. The van der Waals surface area contributed by atoms with Crippen molar-refractivity contribution in [2.45, 2.75) is 32.2 Å². The number of anilines is 2. The van der Waals surface area contributed by atoms with E-state index < -0.39 is 0 Å². The molecular weight excluding hydrogens is 228 g/mol. The van der Waals surface area contributed by atoms with Crippen LogP contribution in [0.3, 0.4) is 0 Å². The summed E-state index contributed by atoms with van der Waals surface area (Å²) in [7, 11) is 1.36. The zero-order chi connectivity index (χ0) is 13.3. The molecule has 0 spiro atoms. The number of carbonyl (C=O) groups is 1. The molecule has 0 aliphatic heterocycles. The molecule has 2 rings (SSSR count). The van der Waals surface area contributed by atoms with Gasteiger partial charge >= 0.3 is 5.97 Å². The SMILES string of the molecule is COC(=O)c1ccc(NC(C)(C)C2CC2)c(N)c1. The smallest absolute Gasteiger partial charge is 0.337 e. The van der Waals surface area contributed by atoms with Crippen LogP contribution in [0.25, 0.3) is 0 Å². The Morgan fingerprint density at radius 1 is 1.44 bits per heavy atom. The Bertz CT molecular complexity index is 465. The summed E-state index contributed by atoms with van der Waals surface area (Å²) in [5.74, 6) is 0.340. The van der Waals surface area contributed by atoms with Crippen LogP contribution < -0.4 is 11.1 Å². The van der Waals surface area contributed by atoms with Crippen LogP contribution in [-0.2, 0) is 4.74 Å². The van der Waals surface area contributed by atoms with Gasteiger partial charge in [0, 0.05) is 5.54 Å². The summed E-state index contributed by atoms with van der Waals surface area (Å²) in [6, 6.07) is 5.22. The summed E-state index contributed by atoms with van der Waals surface area (Å²) < 4.78 is 4.67. The number of hydrogen-bond donors (Lipinski definition) is 2. The van der Waals surface area contributed by atoms with E-state index in [2.05, 4.69) is 23.9 Å². The normalized spacial score (nSPS) is 15.3. The van der Waals surface area contributed by atoms with Crippen LogP contribution in [0.5, 0.6) is 0 Å². The van der Waals surface area contributed by atoms with E-state index in [4.69, 9.17) is 5.73 Å². The molecule has 1 aliphatic rings. The van der Waals surface area contributed by atoms with Crippen molar-refractivity contribution in [2.75, 3.05) is 18.2 Å². The summed E-state index contributed by atoms with van der Waals surface area (Å²) in [4.78, 5) is 11.4. The van der Waals surface area contributed by atoms with Crippen molar-refractivity contribution in [1.82, 2.24) is 0 Å². The van der Waals surface area contributed by atoms with E-state index in [1.165, 1.54) is 20.0 Å². The van der Waals surface area contributed by atoms with Gasteiger partial charge in [-0.15, -0.1) is 0 Å². The molecule has 0 atom stereocenters. The largest absolute Gasteiger partial charge is 0.465 e. The van der Waals surface area contributed by atoms with Crippen molar-refractivity contribution >= 4 is 17.3 Å². The van der Waals surface area contributed by atoms with Gasteiger partial charge in [0.2, 0.25) is 0 Å². The molecule has 3 N–H and O–H groups in total. The molecule has 4 nitrogen and oxygen atoms in total. The molecule has 0 unspecified atom stereocenters. The van der Waals surface area contributed by atoms with Gasteiger partial charge in [0.05, 0.1) is 24.0 Å². The highest BCUT2D eigenvalue weighted by atomic mass is 16.5. The molecule has 1 aromatic rings. The number of hydrogen-bond acceptors (Lipinski definition) is 4. The van der Waals surface area contributed by atoms with Gasteiger partial charge in [-0.25, -0.2) is 4.79 Å². The molecule has 1 fully saturated rings. The standard InChI is InChI=1S/C14H20N2O2/c1-14(2,10-5-6-10)16-12-7-4-9(8-11(12)15)13(17)18-3/h4,7-8,10,16H,5-6,15H2,1-3H3. The summed E-state index contributed by atoms with van der Waals surface area (Å²) in [6.07, 6.45) is 2.53. The zero-order valence-corrected chi connectivity index (χ0v) is 11.1. The lowest BCUT2D eigenvalue weighted by molar-refractivity contribution is 0.0601. The highest BCUT2D eigenvalue weighted by Crippen LogP contribution is 2.41. The minimum atomic E-state index is -0.366. The number of rotatable bonds is 4. The Morgan fingerprint density at radius 3 is 2.61 bits per heavy atom. The van der Waals surface area contributed by atoms with Crippen LogP contribution in [0, 0.1) is 5.92 Å². The first kappa shape index (κ1) is 12.7. The summed E-state index contributed by atoms with van der Waals surface area (Å²) >= 11 is 0. The number of nitrogens with one attached hydrogen (secondary N) is 1. The third kappa shape index (κ3) is 2.58. The van der Waals surface area contributed by atoms with Crippen molar-refractivity contribution in [3.63, 3.8) is 0 Å². The molecule has 98 valence electrons. The van der Waals surface area contributed by atoms with E-state index >= 15 is 0 Å². The van der Waals surface area contributed by atoms with E-state index in [1.54, 1.807) is 12.1 Å². The summed E-state index contributed by atoms with van der Waals surface area (Å²) in [6.45, 7) is 4.36. The monoisotopic (exact) mass is 248 g/mol. The highest BCUT2D eigenvalue weighted by Gasteiger charge is 2.37. The van der Waals surface area contributed by atoms with Gasteiger partial charge in [0.1, 0.15) is 0 Å². The maximum Gasteiger partial charge on any atom is 0.337 e. The second-order valence-electron chi connectivity index (χ2n) is 5.41. The molecule has 1 aliphatic carbocycles. The summed E-state index contributed by atoms with van der Waals surface area (Å²) in [5.41, 5.74) is 7.94. The van der Waals surface area contributed by atoms with Crippen molar-refractivity contribution in [3.05, 3.63) is 23.8 Å². The van der Waals surface area contributed by atoms with Gasteiger partial charge in [-0.2, -0.15) is 0 Å². The van der Waals surface area contributed by atoms with Crippen LogP contribution in [0.2, 0.25) is 0 Å². The van der Waals surface area contributed by atoms with Gasteiger partial charge in [-0.05, 0) is 50.8 Å². The van der Waals surface area contributed by atoms with E-state index in [-0.39, 0.29) is 11.5 Å². The van der Waals surface area contributed by atoms with E-state index in [0.717, 1.165) is 5.69 Å². The predicted molar refractivity (Wildman–Crippen MR) is 72.6 cm³/mol. The Labute approximate surface area is 108 Å². The first-order valence-corrected chi connectivity index (χ1v) is 6.20. The average Bonchev–Trinajstić information content (AvgIpc) is 3.14. The number of methoxy groups -OCH3 is 1. The molecule has 18 heavy (non-hydrogen) atoms.